The van der Waals surface area contributed by atoms with Gasteiger partial charge < -0.3 is 20.2 Å². The van der Waals surface area contributed by atoms with Crippen molar-refractivity contribution in [3.8, 4) is 0 Å². The van der Waals surface area contributed by atoms with Gasteiger partial charge in [0, 0.05) is 10.3 Å². The molecular weight excluding hydrogens is 453 g/mol. The van der Waals surface area contributed by atoms with Crippen molar-refractivity contribution in [2.45, 2.75) is 36.1 Å². The number of carboxylic acids is 1. The molecule has 11 heteroatoms. The lowest BCUT2D eigenvalue weighted by molar-refractivity contribution is -0.160. The summed E-state index contributed by atoms with van der Waals surface area (Å²) >= 11 is 13.4. The Hall–Kier alpha value is -2.23. The Morgan fingerprint density at radius 3 is 2.43 bits per heavy atom. The number of nitrogens with one attached hydrogen (secondary N) is 1. The molecule has 2 fully saturated rings. The van der Waals surface area contributed by atoms with Gasteiger partial charge in [0.1, 0.15) is 29.1 Å². The summed E-state index contributed by atoms with van der Waals surface area (Å²) in [6.07, 6.45) is 0. The fourth-order valence-electron chi connectivity index (χ4n) is 3.59. The third kappa shape index (κ3) is 3.89. The molecule has 2 saturated heterocycles. The quantitative estimate of drug-likeness (QED) is 0.374. The normalized spacial score (nSPS) is 24.6. The van der Waals surface area contributed by atoms with Crippen LogP contribution in [0.3, 0.4) is 0 Å². The molecule has 8 nitrogen and oxygen atoms in total. The van der Waals surface area contributed by atoms with Crippen LogP contribution in [0.25, 0.3) is 5.57 Å². The summed E-state index contributed by atoms with van der Waals surface area (Å²) in [5.41, 5.74) is 0.476. The summed E-state index contributed by atoms with van der Waals surface area (Å²) in [6.45, 7) is 3.50. The average molecular weight is 472 g/mol. The van der Waals surface area contributed by atoms with E-state index in [1.165, 1.54) is 23.8 Å². The molecule has 2 aliphatic heterocycles. The molecule has 0 saturated carbocycles. The lowest BCUT2D eigenvalue weighted by Gasteiger charge is -2.43. The molecule has 0 aliphatic carbocycles. The molecule has 2 heterocycles. The van der Waals surface area contributed by atoms with Crippen molar-refractivity contribution in [3.05, 3.63) is 40.4 Å². The number of halogens is 2. The van der Waals surface area contributed by atoms with Crippen LogP contribution in [-0.2, 0) is 19.2 Å². The lowest BCUT2D eigenvalue weighted by Crippen LogP contribution is -2.71. The van der Waals surface area contributed by atoms with Gasteiger partial charge in [-0.2, -0.15) is 0 Å². The molecule has 2 N–H and O–H groups in total. The van der Waals surface area contributed by atoms with Crippen molar-refractivity contribution in [3.63, 3.8) is 0 Å². The Kier molecular flexibility index (Phi) is 6.35. The van der Waals surface area contributed by atoms with E-state index in [0.717, 1.165) is 0 Å². The van der Waals surface area contributed by atoms with Gasteiger partial charge in [-0.05, 0) is 19.4 Å². The van der Waals surface area contributed by atoms with Gasteiger partial charge in [0.15, 0.2) is 5.71 Å². The van der Waals surface area contributed by atoms with Gasteiger partial charge in [-0.25, -0.2) is 4.79 Å². The largest absolute Gasteiger partial charge is 0.480 e. The predicted molar refractivity (Wildman–Crippen MR) is 115 cm³/mol. The average Bonchev–Trinajstić information content (AvgIpc) is 2.94. The number of hydrogen-bond donors (Lipinski definition) is 2. The Balaban J connectivity index is 1.86. The van der Waals surface area contributed by atoms with Crippen LogP contribution in [0.1, 0.15) is 19.4 Å². The van der Waals surface area contributed by atoms with Crippen LogP contribution in [0.5, 0.6) is 0 Å². The minimum atomic E-state index is -1.09. The van der Waals surface area contributed by atoms with Gasteiger partial charge in [-0.15, -0.1) is 11.8 Å². The maximum Gasteiger partial charge on any atom is 0.327 e. The Morgan fingerprint density at radius 2 is 1.90 bits per heavy atom. The van der Waals surface area contributed by atoms with Gasteiger partial charge in [-0.3, -0.25) is 9.59 Å². The standard InChI is InChI=1S/C19H19Cl2N3O5S/c1-19(2)13(18(27)28)24-16(26)12(17(24)30-19)22-15(25)11(23-29-3)10(14(20)21)9-7-5-4-6-8-9/h4-8,12-13,17H,1-3H3,(H,22,25)(H,27,28)/b23-11-/t12-,13+,17-/m1/s1. The number of carbonyl (C=O) groups is 3. The van der Waals surface area contributed by atoms with Crippen molar-refractivity contribution in [1.29, 1.82) is 0 Å². The fraction of sp³-hybridized carbons (Fsp3) is 0.368. The van der Waals surface area contributed by atoms with E-state index in [9.17, 15) is 19.5 Å². The highest BCUT2D eigenvalue weighted by molar-refractivity contribution is 8.01. The van der Waals surface area contributed by atoms with E-state index in [1.54, 1.807) is 44.2 Å². The highest BCUT2D eigenvalue weighted by Crippen LogP contribution is 2.50. The predicted octanol–water partition coefficient (Wildman–Crippen LogP) is 2.47. The molecule has 2 amide bonds. The minimum Gasteiger partial charge on any atom is -0.480 e. The van der Waals surface area contributed by atoms with Crippen LogP contribution in [-0.4, -0.2) is 62.8 Å². The van der Waals surface area contributed by atoms with Crippen molar-refractivity contribution in [2.24, 2.45) is 5.16 Å². The molecule has 3 rings (SSSR count). The van der Waals surface area contributed by atoms with E-state index in [4.69, 9.17) is 28.0 Å². The van der Waals surface area contributed by atoms with Crippen molar-refractivity contribution in [2.75, 3.05) is 7.11 Å². The highest BCUT2D eigenvalue weighted by Gasteiger charge is 2.64. The van der Waals surface area contributed by atoms with Gasteiger partial charge in [-0.1, -0.05) is 58.7 Å². The number of fused-ring (bicyclic) bond motifs is 1. The molecule has 0 unspecified atom stereocenters. The van der Waals surface area contributed by atoms with E-state index >= 15 is 0 Å². The molecule has 0 spiro atoms. The zero-order valence-corrected chi connectivity index (χ0v) is 18.6. The number of thioether (sulfide) groups is 1. The molecular formula is C19H19Cl2N3O5S. The maximum atomic E-state index is 13.0. The van der Waals surface area contributed by atoms with Crippen LogP contribution < -0.4 is 5.32 Å². The SMILES string of the molecule is CO/N=C(\C(=O)N[C@@H]1C(=O)N2[C@@H]1SC(C)(C)[C@@H]2C(=O)O)C(=C(Cl)Cl)c1ccccc1. The topological polar surface area (TPSA) is 108 Å². The van der Waals surface area contributed by atoms with Crippen LogP contribution >= 0.6 is 35.0 Å². The lowest BCUT2D eigenvalue weighted by atomic mass is 9.95. The van der Waals surface area contributed by atoms with Gasteiger partial charge in [0.25, 0.3) is 5.91 Å². The van der Waals surface area contributed by atoms with E-state index in [-0.39, 0.29) is 15.8 Å². The van der Waals surface area contributed by atoms with E-state index in [0.29, 0.717) is 5.56 Å². The molecule has 0 radical (unpaired) electrons. The molecule has 3 atom stereocenters. The molecule has 30 heavy (non-hydrogen) atoms. The summed E-state index contributed by atoms with van der Waals surface area (Å²) in [5, 5.41) is 15.4. The van der Waals surface area contributed by atoms with Crippen LogP contribution in [0.15, 0.2) is 40.0 Å². The van der Waals surface area contributed by atoms with Gasteiger partial charge >= 0.3 is 5.97 Å². The van der Waals surface area contributed by atoms with Crippen LogP contribution in [0, 0.1) is 0 Å². The molecule has 160 valence electrons. The molecule has 0 aromatic heterocycles. The zero-order valence-electron chi connectivity index (χ0n) is 16.3. The summed E-state index contributed by atoms with van der Waals surface area (Å²) < 4.78 is -0.903. The highest BCUT2D eigenvalue weighted by atomic mass is 35.5. The second-order valence-corrected chi connectivity index (χ2v) is 9.89. The Labute approximate surface area is 187 Å². The number of benzene rings is 1. The second-order valence-electron chi connectivity index (χ2n) is 7.17. The molecule has 1 aromatic rings. The van der Waals surface area contributed by atoms with Crippen LogP contribution in [0.2, 0.25) is 0 Å². The second kappa shape index (κ2) is 8.49. The summed E-state index contributed by atoms with van der Waals surface area (Å²) in [5.74, 6) is -2.28. The summed E-state index contributed by atoms with van der Waals surface area (Å²) in [4.78, 5) is 43.4. The number of carbonyl (C=O) groups excluding carboxylic acids is 2. The minimum absolute atomic E-state index is 0.143. The molecule has 1 aromatic carbocycles. The van der Waals surface area contributed by atoms with Crippen molar-refractivity contribution >= 4 is 64.0 Å². The molecule has 2 aliphatic rings. The number of aliphatic carboxylic acids is 1. The number of carboxylic acid groups (broad SMARTS) is 1. The van der Waals surface area contributed by atoms with Gasteiger partial charge in [0.05, 0.1) is 0 Å². The maximum absolute atomic E-state index is 13.0. The van der Waals surface area contributed by atoms with E-state index in [1.807, 2.05) is 0 Å². The van der Waals surface area contributed by atoms with E-state index in [2.05, 4.69) is 10.5 Å². The zero-order chi connectivity index (χ0) is 22.2. The monoisotopic (exact) mass is 471 g/mol. The first-order chi connectivity index (χ1) is 14.1. The Bertz CT molecular complexity index is 947. The van der Waals surface area contributed by atoms with Crippen molar-refractivity contribution < 1.29 is 24.3 Å². The van der Waals surface area contributed by atoms with Crippen molar-refractivity contribution in [1.82, 2.24) is 10.2 Å². The first-order valence-electron chi connectivity index (χ1n) is 8.86. The first-order valence-corrected chi connectivity index (χ1v) is 10.5. The third-order valence-electron chi connectivity index (χ3n) is 4.85. The molecule has 0 bridgehead atoms. The van der Waals surface area contributed by atoms with Gasteiger partial charge in [0.2, 0.25) is 5.91 Å². The smallest absolute Gasteiger partial charge is 0.327 e. The summed E-state index contributed by atoms with van der Waals surface area (Å²) in [7, 11) is 1.26. The van der Waals surface area contributed by atoms with E-state index < -0.39 is 40.0 Å². The number of β-lactam (4-membered cyclic amide) rings is 1. The first kappa shape index (κ1) is 22.5. The third-order valence-corrected chi connectivity index (χ3v) is 6.80. The number of rotatable bonds is 6. The number of oxime groups is 1. The Morgan fingerprint density at radius 1 is 1.27 bits per heavy atom. The number of hydrogen-bond acceptors (Lipinski definition) is 6. The fourth-order valence-corrected chi connectivity index (χ4v) is 5.61. The number of amides is 2. The number of nitrogens with zero attached hydrogens (tertiary/aromatic N) is 2. The summed E-state index contributed by atoms with van der Waals surface area (Å²) in [6, 6.07) is 6.78. The van der Waals surface area contributed by atoms with Crippen LogP contribution in [0.4, 0.5) is 0 Å².